The second-order valence-corrected chi connectivity index (χ2v) is 2.71. The lowest BCUT2D eigenvalue weighted by atomic mass is 10.3. The summed E-state index contributed by atoms with van der Waals surface area (Å²) in [6, 6.07) is 0. The molecule has 5 heteroatoms. The molecule has 0 aliphatic rings. The fourth-order valence-electron chi connectivity index (χ4n) is 0.767. The van der Waals surface area contributed by atoms with Crippen molar-refractivity contribution in [2.75, 3.05) is 11.9 Å². The number of aromatic nitrogens is 2. The van der Waals surface area contributed by atoms with Gasteiger partial charge < -0.3 is 10.4 Å². The number of anilines is 1. The number of carboxylic acids is 1. The second-order valence-electron chi connectivity index (χ2n) is 2.71. The Morgan fingerprint density at radius 3 is 2.85 bits per heavy atom. The normalized spacial score (nSPS) is 9.69. The first-order chi connectivity index (χ1) is 6.09. The average molecular weight is 181 g/mol. The lowest BCUT2D eigenvalue weighted by molar-refractivity contribution is -0.134. The molecule has 5 nitrogen and oxygen atoms in total. The number of nitrogens with one attached hydrogen (secondary N) is 1. The highest BCUT2D eigenvalue weighted by Crippen LogP contribution is 2.04. The van der Waals surface area contributed by atoms with E-state index in [4.69, 9.17) is 5.11 Å². The summed E-state index contributed by atoms with van der Waals surface area (Å²) in [5, 5.41) is 11.0. The van der Waals surface area contributed by atoms with Crippen LogP contribution in [0.4, 0.5) is 5.95 Å². The molecule has 0 atom stereocenters. The Morgan fingerprint density at radius 2 is 2.31 bits per heavy atom. The minimum Gasteiger partial charge on any atom is -0.480 e. The third-order valence-electron chi connectivity index (χ3n) is 1.62. The van der Waals surface area contributed by atoms with E-state index in [0.29, 0.717) is 5.95 Å². The SMILES string of the molecule is Cc1cnc(NCC(=O)O)nc1C. The van der Waals surface area contributed by atoms with Crippen LogP contribution in [0.25, 0.3) is 0 Å². The molecule has 0 spiro atoms. The molecule has 1 heterocycles. The van der Waals surface area contributed by atoms with Gasteiger partial charge in [-0.2, -0.15) is 0 Å². The van der Waals surface area contributed by atoms with Crippen LogP contribution in [-0.2, 0) is 4.79 Å². The van der Waals surface area contributed by atoms with E-state index >= 15 is 0 Å². The molecular weight excluding hydrogens is 170 g/mol. The lowest BCUT2D eigenvalue weighted by Crippen LogP contribution is -2.14. The Kier molecular flexibility index (Phi) is 2.79. The fourth-order valence-corrected chi connectivity index (χ4v) is 0.767. The quantitative estimate of drug-likeness (QED) is 0.713. The van der Waals surface area contributed by atoms with Crippen LogP contribution in [0.3, 0.4) is 0 Å². The maximum absolute atomic E-state index is 10.2. The average Bonchev–Trinajstić information content (AvgIpc) is 2.07. The van der Waals surface area contributed by atoms with Crippen molar-refractivity contribution in [2.24, 2.45) is 0 Å². The maximum Gasteiger partial charge on any atom is 0.322 e. The number of nitrogens with zero attached hydrogens (tertiary/aromatic N) is 2. The first kappa shape index (κ1) is 9.44. The Balaban J connectivity index is 2.68. The van der Waals surface area contributed by atoms with Crippen molar-refractivity contribution in [3.05, 3.63) is 17.5 Å². The van der Waals surface area contributed by atoms with Gasteiger partial charge in [0.15, 0.2) is 0 Å². The Bertz CT molecular complexity index is 325. The Labute approximate surface area is 75.8 Å². The number of carboxylic acid groups (broad SMARTS) is 1. The van der Waals surface area contributed by atoms with E-state index < -0.39 is 5.97 Å². The van der Waals surface area contributed by atoms with Gasteiger partial charge in [0, 0.05) is 11.9 Å². The summed E-state index contributed by atoms with van der Waals surface area (Å²) < 4.78 is 0. The van der Waals surface area contributed by atoms with Gasteiger partial charge in [-0.1, -0.05) is 0 Å². The topological polar surface area (TPSA) is 75.1 Å². The molecule has 0 aliphatic heterocycles. The number of hydrogen-bond acceptors (Lipinski definition) is 4. The Hall–Kier alpha value is -1.65. The summed E-state index contributed by atoms with van der Waals surface area (Å²) in [5.41, 5.74) is 1.84. The van der Waals surface area contributed by atoms with Gasteiger partial charge in [0.05, 0.1) is 0 Å². The molecule has 0 bridgehead atoms. The van der Waals surface area contributed by atoms with E-state index in [-0.39, 0.29) is 6.54 Å². The van der Waals surface area contributed by atoms with Crippen LogP contribution in [0.2, 0.25) is 0 Å². The van der Waals surface area contributed by atoms with Crippen molar-refractivity contribution in [2.45, 2.75) is 13.8 Å². The van der Waals surface area contributed by atoms with Crippen molar-refractivity contribution in [1.29, 1.82) is 0 Å². The third kappa shape index (κ3) is 2.70. The minimum atomic E-state index is -0.929. The molecule has 0 unspecified atom stereocenters. The van der Waals surface area contributed by atoms with Crippen LogP contribution in [0.1, 0.15) is 11.3 Å². The van der Waals surface area contributed by atoms with Crippen LogP contribution < -0.4 is 5.32 Å². The van der Waals surface area contributed by atoms with Gasteiger partial charge >= 0.3 is 5.97 Å². The van der Waals surface area contributed by atoms with E-state index in [2.05, 4.69) is 15.3 Å². The van der Waals surface area contributed by atoms with E-state index in [1.807, 2.05) is 13.8 Å². The molecule has 13 heavy (non-hydrogen) atoms. The number of aliphatic carboxylic acids is 1. The van der Waals surface area contributed by atoms with Crippen molar-refractivity contribution >= 4 is 11.9 Å². The number of hydrogen-bond donors (Lipinski definition) is 2. The summed E-state index contributed by atoms with van der Waals surface area (Å²) in [6.07, 6.45) is 1.66. The molecule has 0 aliphatic carbocycles. The third-order valence-corrected chi connectivity index (χ3v) is 1.62. The van der Waals surface area contributed by atoms with Gasteiger partial charge in [0.2, 0.25) is 5.95 Å². The highest BCUT2D eigenvalue weighted by atomic mass is 16.4. The second kappa shape index (κ2) is 3.84. The highest BCUT2D eigenvalue weighted by molar-refractivity contribution is 5.71. The van der Waals surface area contributed by atoms with E-state index in [0.717, 1.165) is 11.3 Å². The summed E-state index contributed by atoms with van der Waals surface area (Å²) in [5.74, 6) is -0.577. The van der Waals surface area contributed by atoms with Crippen LogP contribution in [0.15, 0.2) is 6.20 Å². The molecule has 1 aromatic rings. The first-order valence-electron chi connectivity index (χ1n) is 3.85. The van der Waals surface area contributed by atoms with Crippen LogP contribution in [0.5, 0.6) is 0 Å². The van der Waals surface area contributed by atoms with Gasteiger partial charge in [-0.05, 0) is 19.4 Å². The smallest absolute Gasteiger partial charge is 0.322 e. The van der Waals surface area contributed by atoms with E-state index in [9.17, 15) is 4.79 Å². The highest BCUT2D eigenvalue weighted by Gasteiger charge is 2.00. The molecule has 70 valence electrons. The number of rotatable bonds is 3. The minimum absolute atomic E-state index is 0.164. The van der Waals surface area contributed by atoms with E-state index in [1.165, 1.54) is 0 Å². The molecule has 0 saturated carbocycles. The largest absolute Gasteiger partial charge is 0.480 e. The van der Waals surface area contributed by atoms with Gasteiger partial charge in [-0.15, -0.1) is 0 Å². The zero-order valence-corrected chi connectivity index (χ0v) is 7.53. The predicted octanol–water partition coefficient (Wildman–Crippen LogP) is 0.590. The van der Waals surface area contributed by atoms with Gasteiger partial charge in [-0.3, -0.25) is 4.79 Å². The summed E-state index contributed by atoms with van der Waals surface area (Å²) in [4.78, 5) is 18.2. The molecule has 1 aromatic heterocycles. The maximum atomic E-state index is 10.2. The van der Waals surface area contributed by atoms with Crippen molar-refractivity contribution in [3.63, 3.8) is 0 Å². The van der Waals surface area contributed by atoms with Gasteiger partial charge in [0.25, 0.3) is 0 Å². The summed E-state index contributed by atoms with van der Waals surface area (Å²) in [7, 11) is 0. The fraction of sp³-hybridized carbons (Fsp3) is 0.375. The molecule has 0 radical (unpaired) electrons. The summed E-state index contributed by atoms with van der Waals surface area (Å²) >= 11 is 0. The molecule has 0 saturated heterocycles. The van der Waals surface area contributed by atoms with E-state index in [1.54, 1.807) is 6.20 Å². The van der Waals surface area contributed by atoms with Crippen molar-refractivity contribution in [3.8, 4) is 0 Å². The molecule has 1 rings (SSSR count). The van der Waals surface area contributed by atoms with Crippen molar-refractivity contribution < 1.29 is 9.90 Å². The summed E-state index contributed by atoms with van der Waals surface area (Å²) in [6.45, 7) is 3.59. The van der Waals surface area contributed by atoms with Crippen molar-refractivity contribution in [1.82, 2.24) is 9.97 Å². The molecule has 0 fully saturated rings. The number of carbonyl (C=O) groups is 1. The molecule has 0 aromatic carbocycles. The van der Waals surface area contributed by atoms with Crippen LogP contribution in [-0.4, -0.2) is 27.6 Å². The lowest BCUT2D eigenvalue weighted by Gasteiger charge is -2.03. The zero-order valence-electron chi connectivity index (χ0n) is 7.53. The molecule has 0 amide bonds. The number of aryl methyl sites for hydroxylation is 2. The standard InChI is InChI=1S/C8H11N3O2/c1-5-3-9-8(11-6(5)2)10-4-7(12)13/h3H,4H2,1-2H3,(H,12,13)(H,9,10,11). The van der Waals surface area contributed by atoms with Gasteiger partial charge in [0.1, 0.15) is 6.54 Å². The molecule has 2 N–H and O–H groups in total. The van der Waals surface area contributed by atoms with Crippen LogP contribution >= 0.6 is 0 Å². The van der Waals surface area contributed by atoms with Gasteiger partial charge in [-0.25, -0.2) is 9.97 Å². The first-order valence-corrected chi connectivity index (χ1v) is 3.85. The Morgan fingerprint density at radius 1 is 1.62 bits per heavy atom. The molecular formula is C8H11N3O2. The van der Waals surface area contributed by atoms with Crippen LogP contribution in [0, 0.1) is 13.8 Å². The monoisotopic (exact) mass is 181 g/mol. The predicted molar refractivity (Wildman–Crippen MR) is 47.6 cm³/mol. The zero-order chi connectivity index (χ0) is 9.84.